The van der Waals surface area contributed by atoms with Crippen LogP contribution in [0.15, 0.2) is 47.5 Å². The Hall–Kier alpha value is -4.32. The van der Waals surface area contributed by atoms with Crippen molar-refractivity contribution in [3.8, 4) is 17.2 Å². The molecule has 1 aliphatic carbocycles. The summed E-state index contributed by atoms with van der Waals surface area (Å²) in [6.07, 6.45) is 6.60. The number of carbonyl (C=O) groups excluding carboxylic acids is 3. The van der Waals surface area contributed by atoms with Gasteiger partial charge in [-0.25, -0.2) is 0 Å². The summed E-state index contributed by atoms with van der Waals surface area (Å²) in [4.78, 5) is 42.2. The van der Waals surface area contributed by atoms with Crippen LogP contribution in [0, 0.1) is 5.92 Å². The molecule has 0 aromatic heterocycles. The Kier molecular flexibility index (Phi) is 11.1. The van der Waals surface area contributed by atoms with Gasteiger partial charge in [0.2, 0.25) is 17.7 Å². The molecule has 216 valence electrons. The molecule has 0 saturated heterocycles. The predicted octanol–water partition coefficient (Wildman–Crippen LogP) is 2.06. The Bertz CT molecular complexity index is 1190. The van der Waals surface area contributed by atoms with Gasteiger partial charge in [-0.1, -0.05) is 32.1 Å². The lowest BCUT2D eigenvalue weighted by atomic mass is 9.84. The summed E-state index contributed by atoms with van der Waals surface area (Å²) in [7, 11) is 0. The summed E-state index contributed by atoms with van der Waals surface area (Å²) < 4.78 is 5.91. The molecule has 0 unspecified atom stereocenters. The fraction of sp³-hybridized carbons (Fsp3) is 0.429. The van der Waals surface area contributed by atoms with Gasteiger partial charge >= 0.3 is 0 Å². The molecule has 3 amide bonds. The predicted molar refractivity (Wildman–Crippen MR) is 153 cm³/mol. The van der Waals surface area contributed by atoms with E-state index in [9.17, 15) is 19.5 Å². The second-order valence-electron chi connectivity index (χ2n) is 10.0. The number of nitrogens with two attached hydrogens (primary N) is 4. The molecule has 0 radical (unpaired) electrons. The van der Waals surface area contributed by atoms with Crippen LogP contribution in [0.2, 0.25) is 0 Å². The van der Waals surface area contributed by atoms with Crippen molar-refractivity contribution in [3.05, 3.63) is 48.0 Å². The number of primary amides is 1. The van der Waals surface area contributed by atoms with Crippen LogP contribution in [0.5, 0.6) is 17.2 Å². The number of phenolic OH excluding ortho intramolecular Hbond substituents is 1. The number of hydrogen-bond donors (Lipinski definition) is 7. The van der Waals surface area contributed by atoms with Crippen molar-refractivity contribution in [1.82, 2.24) is 5.32 Å². The van der Waals surface area contributed by atoms with Crippen LogP contribution in [0.25, 0.3) is 0 Å². The summed E-state index contributed by atoms with van der Waals surface area (Å²) in [5.41, 5.74) is 22.7. The van der Waals surface area contributed by atoms with E-state index >= 15 is 0 Å². The molecule has 1 saturated carbocycles. The molecule has 11 N–H and O–H groups in total. The zero-order chi connectivity index (χ0) is 29.1. The first-order chi connectivity index (χ1) is 19.1. The number of nitrogens with zero attached hydrogens (tertiary/aromatic N) is 1. The van der Waals surface area contributed by atoms with E-state index in [1.54, 1.807) is 12.1 Å². The Morgan fingerprint density at radius 1 is 1.00 bits per heavy atom. The molecular formula is C28H39N7O5. The van der Waals surface area contributed by atoms with Gasteiger partial charge in [0.25, 0.3) is 0 Å². The van der Waals surface area contributed by atoms with E-state index in [0.717, 1.165) is 32.1 Å². The largest absolute Gasteiger partial charge is 0.508 e. The molecule has 0 aliphatic heterocycles. The molecule has 1 aliphatic rings. The number of phenols is 1. The van der Waals surface area contributed by atoms with Crippen molar-refractivity contribution >= 4 is 29.4 Å². The van der Waals surface area contributed by atoms with E-state index in [-0.39, 0.29) is 34.6 Å². The molecule has 3 rings (SSSR count). The number of benzene rings is 2. The third-order valence-electron chi connectivity index (χ3n) is 6.82. The monoisotopic (exact) mass is 553 g/mol. The van der Waals surface area contributed by atoms with Gasteiger partial charge in [-0.15, -0.1) is 0 Å². The molecule has 0 bridgehead atoms. The molecule has 12 nitrogen and oxygen atoms in total. The van der Waals surface area contributed by atoms with Crippen molar-refractivity contribution in [2.75, 3.05) is 11.9 Å². The minimum Gasteiger partial charge on any atom is -0.508 e. The lowest BCUT2D eigenvalue weighted by Gasteiger charge is -2.27. The van der Waals surface area contributed by atoms with Gasteiger partial charge in [0.15, 0.2) is 11.7 Å². The van der Waals surface area contributed by atoms with E-state index in [2.05, 4.69) is 15.6 Å². The van der Waals surface area contributed by atoms with E-state index in [1.807, 2.05) is 0 Å². The smallest absolute Gasteiger partial charge is 0.248 e. The number of carbonyl (C=O) groups is 3. The number of amides is 3. The van der Waals surface area contributed by atoms with E-state index in [1.165, 1.54) is 30.3 Å². The first kappa shape index (κ1) is 30.2. The standard InChI is InChI=1S/C28H39N7O5/c29-21(7-4-14-33-28(31)32)26(38)35-23(15-17-5-2-1-3-6-17)27(39)34-22-13-8-18(25(30)37)16-24(22)40-20-11-9-19(36)10-12-20/h8-13,16-17,21,23,36H,1-7,14-15,29H2,(H2,30,37)(H,34,39)(H,35,38)(H4,31,32,33)/t21-,23-/m0/s1. The molecular weight excluding hydrogens is 514 g/mol. The maximum Gasteiger partial charge on any atom is 0.248 e. The summed E-state index contributed by atoms with van der Waals surface area (Å²) >= 11 is 0. The number of aromatic hydroxyl groups is 1. The molecule has 0 spiro atoms. The molecule has 2 aromatic carbocycles. The molecule has 0 heterocycles. The van der Waals surface area contributed by atoms with Crippen LogP contribution < -0.4 is 38.3 Å². The summed E-state index contributed by atoms with van der Waals surface area (Å²) in [6.45, 7) is 0.348. The number of guanidine groups is 1. The van der Waals surface area contributed by atoms with Gasteiger partial charge in [-0.05, 0) is 67.6 Å². The van der Waals surface area contributed by atoms with Crippen molar-refractivity contribution in [2.45, 2.75) is 63.5 Å². The highest BCUT2D eigenvalue weighted by molar-refractivity contribution is 6.00. The van der Waals surface area contributed by atoms with Crippen molar-refractivity contribution < 1.29 is 24.2 Å². The molecule has 2 aromatic rings. The molecule has 12 heteroatoms. The maximum absolute atomic E-state index is 13.6. The van der Waals surface area contributed by atoms with E-state index in [0.29, 0.717) is 31.6 Å². The van der Waals surface area contributed by atoms with Crippen LogP contribution >= 0.6 is 0 Å². The number of anilines is 1. The van der Waals surface area contributed by atoms with Gasteiger partial charge in [0, 0.05) is 12.1 Å². The molecule has 40 heavy (non-hydrogen) atoms. The van der Waals surface area contributed by atoms with Crippen LogP contribution in [0.4, 0.5) is 5.69 Å². The summed E-state index contributed by atoms with van der Waals surface area (Å²) in [5, 5.41) is 15.2. The zero-order valence-electron chi connectivity index (χ0n) is 22.5. The lowest BCUT2D eigenvalue weighted by Crippen LogP contribution is -2.50. The zero-order valence-corrected chi connectivity index (χ0v) is 22.5. The number of nitrogens with one attached hydrogen (secondary N) is 2. The van der Waals surface area contributed by atoms with Gasteiger partial charge in [-0.3, -0.25) is 19.4 Å². The Morgan fingerprint density at radius 2 is 1.70 bits per heavy atom. The molecule has 1 fully saturated rings. The average molecular weight is 554 g/mol. The second kappa shape index (κ2) is 14.7. The van der Waals surface area contributed by atoms with Crippen LogP contribution in [-0.2, 0) is 9.59 Å². The second-order valence-corrected chi connectivity index (χ2v) is 10.0. The van der Waals surface area contributed by atoms with Gasteiger partial charge < -0.3 is 43.4 Å². The number of hydrogen-bond acceptors (Lipinski definition) is 7. The third kappa shape index (κ3) is 9.45. The topological polar surface area (TPSA) is 221 Å². The van der Waals surface area contributed by atoms with E-state index in [4.69, 9.17) is 27.7 Å². The van der Waals surface area contributed by atoms with Gasteiger partial charge in [0.05, 0.1) is 11.7 Å². The van der Waals surface area contributed by atoms with Crippen LogP contribution in [-0.4, -0.2) is 47.4 Å². The fourth-order valence-electron chi connectivity index (χ4n) is 4.64. The Morgan fingerprint density at radius 3 is 2.35 bits per heavy atom. The number of aliphatic imine (C=N–C) groups is 1. The SMILES string of the molecule is NC(=O)c1ccc(NC(=O)[C@H](CC2CCCCC2)NC(=O)[C@@H](N)CCCN=C(N)N)c(Oc2ccc(O)cc2)c1. The maximum atomic E-state index is 13.6. The first-order valence-corrected chi connectivity index (χ1v) is 13.5. The van der Waals surface area contributed by atoms with Crippen molar-refractivity contribution in [1.29, 1.82) is 0 Å². The quantitative estimate of drug-likeness (QED) is 0.110. The third-order valence-corrected chi connectivity index (χ3v) is 6.82. The lowest BCUT2D eigenvalue weighted by molar-refractivity contribution is -0.127. The fourth-order valence-corrected chi connectivity index (χ4v) is 4.64. The van der Waals surface area contributed by atoms with Gasteiger partial charge in [0.1, 0.15) is 17.5 Å². The highest BCUT2D eigenvalue weighted by Gasteiger charge is 2.28. The Balaban J connectivity index is 1.77. The summed E-state index contributed by atoms with van der Waals surface area (Å²) in [5.74, 6) is -0.678. The first-order valence-electron chi connectivity index (χ1n) is 13.5. The Labute approximate surface area is 233 Å². The number of rotatable bonds is 13. The van der Waals surface area contributed by atoms with Crippen molar-refractivity contribution in [2.24, 2.45) is 33.8 Å². The van der Waals surface area contributed by atoms with E-state index < -0.39 is 29.8 Å². The highest BCUT2D eigenvalue weighted by Crippen LogP contribution is 2.32. The molecule has 2 atom stereocenters. The minimum absolute atomic E-state index is 0.0279. The highest BCUT2D eigenvalue weighted by atomic mass is 16.5. The van der Waals surface area contributed by atoms with Crippen LogP contribution in [0.1, 0.15) is 61.7 Å². The van der Waals surface area contributed by atoms with Gasteiger partial charge in [-0.2, -0.15) is 0 Å². The minimum atomic E-state index is -0.836. The van der Waals surface area contributed by atoms with Crippen LogP contribution in [0.3, 0.4) is 0 Å². The summed E-state index contributed by atoms with van der Waals surface area (Å²) in [6, 6.07) is 8.72. The van der Waals surface area contributed by atoms with Crippen molar-refractivity contribution in [3.63, 3.8) is 0 Å². The number of ether oxygens (including phenoxy) is 1. The normalized spacial score (nSPS) is 14.9. The average Bonchev–Trinajstić information content (AvgIpc) is 2.93.